The summed E-state index contributed by atoms with van der Waals surface area (Å²) in [5.41, 5.74) is 1.69. The number of carbonyl (C=O) groups is 1. The van der Waals surface area contributed by atoms with E-state index in [1.54, 1.807) is 19.1 Å². The van der Waals surface area contributed by atoms with E-state index in [0.29, 0.717) is 21.1 Å². The second-order valence-electron chi connectivity index (χ2n) is 6.30. The third-order valence-electron chi connectivity index (χ3n) is 3.97. The fourth-order valence-electron chi connectivity index (χ4n) is 2.60. The highest BCUT2D eigenvalue weighted by Crippen LogP contribution is 2.36. The molecule has 1 aromatic rings. The third-order valence-corrected chi connectivity index (χ3v) is 7.05. The molecule has 1 aliphatic rings. The van der Waals surface area contributed by atoms with Crippen molar-refractivity contribution in [2.75, 3.05) is 12.4 Å². The van der Waals surface area contributed by atoms with Crippen LogP contribution in [0.2, 0.25) is 0 Å². The molecule has 0 fully saturated rings. The van der Waals surface area contributed by atoms with Gasteiger partial charge in [-0.1, -0.05) is 23.8 Å². The van der Waals surface area contributed by atoms with Gasteiger partial charge in [0.05, 0.1) is 14.7 Å². The number of hydrogen-bond acceptors (Lipinski definition) is 4. The van der Waals surface area contributed by atoms with Crippen molar-refractivity contribution >= 4 is 59.5 Å². The molecule has 0 aliphatic heterocycles. The first-order chi connectivity index (χ1) is 13.0. The van der Waals surface area contributed by atoms with Crippen LogP contribution in [0.25, 0.3) is 0 Å². The van der Waals surface area contributed by atoms with Gasteiger partial charge in [-0.25, -0.2) is 8.42 Å². The number of nitrogens with one attached hydrogen (secondary N) is 1. The summed E-state index contributed by atoms with van der Waals surface area (Å²) >= 11 is 13.3. The Morgan fingerprint density at radius 3 is 2.57 bits per heavy atom. The van der Waals surface area contributed by atoms with Crippen molar-refractivity contribution in [3.8, 4) is 5.75 Å². The van der Waals surface area contributed by atoms with E-state index >= 15 is 0 Å². The van der Waals surface area contributed by atoms with Gasteiger partial charge in [0.1, 0.15) is 17.4 Å². The summed E-state index contributed by atoms with van der Waals surface area (Å²) in [6, 6.07) is 3.64. The molecule has 0 bridgehead atoms. The van der Waals surface area contributed by atoms with E-state index < -0.39 is 21.0 Å². The number of aliphatic carboxylic acids is 1. The Balaban J connectivity index is 2.05. The summed E-state index contributed by atoms with van der Waals surface area (Å²) in [7, 11) is -3.46. The van der Waals surface area contributed by atoms with Crippen LogP contribution in [0.15, 0.2) is 44.9 Å². The topological polar surface area (TPSA) is 92.7 Å². The van der Waals surface area contributed by atoms with Crippen molar-refractivity contribution in [2.45, 2.75) is 31.2 Å². The van der Waals surface area contributed by atoms with E-state index in [1.165, 1.54) is 0 Å². The van der Waals surface area contributed by atoms with Crippen LogP contribution in [0.1, 0.15) is 25.3 Å². The first-order valence-electron chi connectivity index (χ1n) is 8.44. The third kappa shape index (κ3) is 6.88. The van der Waals surface area contributed by atoms with Crippen LogP contribution < -0.4 is 9.46 Å². The largest absolute Gasteiger partial charge is 0.487 e. The van der Waals surface area contributed by atoms with Gasteiger partial charge < -0.3 is 9.84 Å². The highest BCUT2D eigenvalue weighted by molar-refractivity contribution is 9.11. The smallest absolute Gasteiger partial charge is 0.303 e. The molecule has 2 rings (SSSR count). The van der Waals surface area contributed by atoms with Crippen LogP contribution >= 0.6 is 43.5 Å². The van der Waals surface area contributed by atoms with Gasteiger partial charge >= 0.3 is 5.97 Å². The predicted octanol–water partition coefficient (Wildman–Crippen LogP) is 4.37. The maximum Gasteiger partial charge on any atom is 0.303 e. The van der Waals surface area contributed by atoms with E-state index in [1.807, 2.05) is 18.2 Å². The number of alkyl halides is 1. The average molecular weight is 558 g/mol. The molecule has 10 heteroatoms. The van der Waals surface area contributed by atoms with Crippen molar-refractivity contribution < 1.29 is 23.1 Å². The maximum absolute atomic E-state index is 11.8. The van der Waals surface area contributed by atoms with Crippen molar-refractivity contribution in [1.29, 1.82) is 0 Å². The van der Waals surface area contributed by atoms with Gasteiger partial charge in [0.25, 0.3) is 0 Å². The number of sulfonamides is 1. The zero-order chi connectivity index (χ0) is 20.9. The monoisotopic (exact) mass is 555 g/mol. The van der Waals surface area contributed by atoms with Gasteiger partial charge in [-0.2, -0.15) is 4.72 Å². The van der Waals surface area contributed by atoms with Crippen molar-refractivity contribution in [1.82, 2.24) is 4.72 Å². The lowest BCUT2D eigenvalue weighted by atomic mass is 10.0. The molecule has 6 nitrogen and oxygen atoms in total. The molecule has 0 aromatic heterocycles. The SMILES string of the molecule is CCS(=O)(=O)NC1(Cl)C=CC=C(COc2c(Br)cc(CCC(=O)O)cc2Br)C1. The number of carboxylic acid groups (broad SMARTS) is 1. The Labute approximate surface area is 186 Å². The quantitative estimate of drug-likeness (QED) is 0.348. The first kappa shape index (κ1) is 23.4. The van der Waals surface area contributed by atoms with Gasteiger partial charge in [-0.15, -0.1) is 0 Å². The Hall–Kier alpha value is -0.870. The highest BCUT2D eigenvalue weighted by Gasteiger charge is 2.31. The lowest BCUT2D eigenvalue weighted by Crippen LogP contribution is -2.44. The van der Waals surface area contributed by atoms with E-state index in [2.05, 4.69) is 36.6 Å². The Bertz CT molecular complexity index is 894. The molecule has 2 N–H and O–H groups in total. The number of ether oxygens (including phenoxy) is 1. The molecule has 0 saturated heterocycles. The van der Waals surface area contributed by atoms with Crippen molar-refractivity contribution in [3.63, 3.8) is 0 Å². The lowest BCUT2D eigenvalue weighted by Gasteiger charge is -2.28. The zero-order valence-corrected chi connectivity index (χ0v) is 19.8. The fourth-order valence-corrected chi connectivity index (χ4v) is 5.50. The van der Waals surface area contributed by atoms with E-state index in [4.69, 9.17) is 21.4 Å². The number of aryl methyl sites for hydroxylation is 1. The predicted molar refractivity (Wildman–Crippen MR) is 116 cm³/mol. The van der Waals surface area contributed by atoms with Crippen LogP contribution in [0, 0.1) is 0 Å². The molecule has 154 valence electrons. The highest BCUT2D eigenvalue weighted by atomic mass is 79.9. The average Bonchev–Trinajstić information content (AvgIpc) is 2.58. The minimum absolute atomic E-state index is 0.0454. The summed E-state index contributed by atoms with van der Waals surface area (Å²) in [5, 5.41) is 8.81. The molecule has 1 aliphatic carbocycles. The second-order valence-corrected chi connectivity index (χ2v) is 10.7. The molecule has 0 heterocycles. The molecule has 1 atom stereocenters. The van der Waals surface area contributed by atoms with E-state index in [-0.39, 0.29) is 25.2 Å². The summed E-state index contributed by atoms with van der Waals surface area (Å²) in [4.78, 5) is 9.52. The summed E-state index contributed by atoms with van der Waals surface area (Å²) in [6.45, 7) is 1.77. The van der Waals surface area contributed by atoms with Crippen LogP contribution in [-0.4, -0.2) is 36.9 Å². The molecule has 1 unspecified atom stereocenters. The van der Waals surface area contributed by atoms with Crippen LogP contribution in [-0.2, 0) is 21.2 Å². The van der Waals surface area contributed by atoms with Crippen molar-refractivity contribution in [2.24, 2.45) is 0 Å². The normalized spacial score (nSPS) is 19.4. The molecule has 0 amide bonds. The standard InChI is InChI=1S/C18H20Br2ClNO5S/c1-2-28(25,26)22-18(21)7-3-4-13(10-18)11-27-17-14(19)8-12(9-15(17)20)5-6-16(23)24/h3-4,7-9,22H,2,5-6,10-11H2,1H3,(H,23,24). The number of hydrogen-bond donors (Lipinski definition) is 2. The van der Waals surface area contributed by atoms with Crippen LogP contribution in [0.5, 0.6) is 5.75 Å². The number of allylic oxidation sites excluding steroid dienone is 2. The first-order valence-corrected chi connectivity index (χ1v) is 12.1. The second kappa shape index (κ2) is 9.75. The molecule has 1 aromatic carbocycles. The molecular weight excluding hydrogens is 538 g/mol. The Kier molecular flexibility index (Phi) is 8.16. The van der Waals surface area contributed by atoms with Crippen LogP contribution in [0.4, 0.5) is 0 Å². The molecule has 28 heavy (non-hydrogen) atoms. The van der Waals surface area contributed by atoms with Crippen molar-refractivity contribution in [3.05, 3.63) is 50.4 Å². The van der Waals surface area contributed by atoms with Gasteiger partial charge in [0.15, 0.2) is 0 Å². The summed E-state index contributed by atoms with van der Waals surface area (Å²) in [6.07, 6.45) is 5.87. The van der Waals surface area contributed by atoms with Gasteiger partial charge in [-0.3, -0.25) is 4.79 Å². The van der Waals surface area contributed by atoms with E-state index in [9.17, 15) is 13.2 Å². The Morgan fingerprint density at radius 1 is 1.36 bits per heavy atom. The zero-order valence-electron chi connectivity index (χ0n) is 15.0. The van der Waals surface area contributed by atoms with Crippen LogP contribution in [0.3, 0.4) is 0 Å². The van der Waals surface area contributed by atoms with E-state index in [0.717, 1.165) is 11.1 Å². The summed E-state index contributed by atoms with van der Waals surface area (Å²) in [5.74, 6) is -0.337. The molecular formula is C18H20Br2ClNO5S. The molecule has 0 saturated carbocycles. The van der Waals surface area contributed by atoms with Gasteiger partial charge in [0, 0.05) is 12.8 Å². The lowest BCUT2D eigenvalue weighted by molar-refractivity contribution is -0.136. The fraction of sp³-hybridized carbons (Fsp3) is 0.389. The minimum Gasteiger partial charge on any atom is -0.487 e. The number of benzene rings is 1. The number of halogens is 3. The summed E-state index contributed by atoms with van der Waals surface area (Å²) < 4.78 is 33.5. The number of carboxylic acids is 1. The van der Waals surface area contributed by atoms with Gasteiger partial charge in [0.2, 0.25) is 10.0 Å². The Morgan fingerprint density at radius 2 is 2.00 bits per heavy atom. The maximum atomic E-state index is 11.8. The molecule has 0 spiro atoms. The van der Waals surface area contributed by atoms with Gasteiger partial charge in [-0.05, 0) is 74.5 Å². The number of rotatable bonds is 9. The minimum atomic E-state index is -3.46. The molecule has 0 radical (unpaired) electrons.